The zero-order valence-electron chi connectivity index (χ0n) is 12.4. The SMILES string of the molecule is CCOCCNc1sc(C(=O)NC2CC2)c(N)c1C1CC1. The van der Waals surface area contributed by atoms with Gasteiger partial charge in [0.2, 0.25) is 0 Å². The highest BCUT2D eigenvalue weighted by Gasteiger charge is 2.34. The quantitative estimate of drug-likeness (QED) is 0.645. The predicted molar refractivity (Wildman–Crippen MR) is 86.2 cm³/mol. The normalized spacial score (nSPS) is 17.8. The summed E-state index contributed by atoms with van der Waals surface area (Å²) in [5.41, 5.74) is 8.08. The number of amides is 1. The number of nitrogen functional groups attached to an aromatic ring is 1. The standard InChI is InChI=1S/C15H23N3O2S/c1-2-20-8-7-17-15-11(9-3-4-9)12(16)13(21-15)14(19)18-10-5-6-10/h9-10,17H,2-8,16H2,1H3,(H,18,19). The highest BCUT2D eigenvalue weighted by molar-refractivity contribution is 7.18. The van der Waals surface area contributed by atoms with Crippen LogP contribution >= 0.6 is 11.3 Å². The van der Waals surface area contributed by atoms with E-state index in [1.807, 2.05) is 6.92 Å². The molecular weight excluding hydrogens is 286 g/mol. The minimum Gasteiger partial charge on any atom is -0.397 e. The van der Waals surface area contributed by atoms with Gasteiger partial charge in [-0.25, -0.2) is 0 Å². The Hall–Kier alpha value is -1.27. The van der Waals surface area contributed by atoms with Crippen molar-refractivity contribution in [3.63, 3.8) is 0 Å². The molecule has 1 heterocycles. The number of hydrogen-bond donors (Lipinski definition) is 3. The Bertz CT molecular complexity index is 521. The zero-order chi connectivity index (χ0) is 14.8. The summed E-state index contributed by atoms with van der Waals surface area (Å²) in [5, 5.41) is 7.47. The first-order valence-corrected chi connectivity index (χ1v) is 8.57. The van der Waals surface area contributed by atoms with E-state index in [1.165, 1.54) is 24.2 Å². The van der Waals surface area contributed by atoms with Gasteiger partial charge >= 0.3 is 0 Å². The van der Waals surface area contributed by atoms with Crippen molar-refractivity contribution in [3.05, 3.63) is 10.4 Å². The summed E-state index contributed by atoms with van der Waals surface area (Å²) in [5.74, 6) is 0.512. The summed E-state index contributed by atoms with van der Waals surface area (Å²) < 4.78 is 5.35. The molecule has 1 aromatic heterocycles. The minimum atomic E-state index is -0.0141. The number of nitrogens with two attached hydrogens (primary N) is 1. The molecule has 5 nitrogen and oxygen atoms in total. The fourth-order valence-corrected chi connectivity index (χ4v) is 3.53. The van der Waals surface area contributed by atoms with Gasteiger partial charge in [0.15, 0.2) is 0 Å². The Morgan fingerprint density at radius 3 is 2.76 bits per heavy atom. The summed E-state index contributed by atoms with van der Waals surface area (Å²) in [7, 11) is 0. The number of anilines is 2. The van der Waals surface area contributed by atoms with Crippen LogP contribution in [0, 0.1) is 0 Å². The molecule has 116 valence electrons. The molecule has 0 unspecified atom stereocenters. The van der Waals surface area contributed by atoms with Crippen LogP contribution in [0.5, 0.6) is 0 Å². The number of rotatable bonds is 8. The van der Waals surface area contributed by atoms with Crippen LogP contribution < -0.4 is 16.4 Å². The van der Waals surface area contributed by atoms with Crippen molar-refractivity contribution in [1.29, 1.82) is 0 Å². The van der Waals surface area contributed by atoms with Crippen LogP contribution in [0.1, 0.15) is 53.8 Å². The molecule has 2 aliphatic rings. The third-order valence-electron chi connectivity index (χ3n) is 3.82. The molecule has 0 aliphatic heterocycles. The van der Waals surface area contributed by atoms with E-state index < -0.39 is 0 Å². The van der Waals surface area contributed by atoms with Crippen LogP contribution in [-0.2, 0) is 4.74 Å². The Labute approximate surface area is 129 Å². The molecule has 2 saturated carbocycles. The molecule has 0 spiro atoms. The summed E-state index contributed by atoms with van der Waals surface area (Å²) in [6.45, 7) is 4.12. The Morgan fingerprint density at radius 1 is 1.38 bits per heavy atom. The Kier molecular flexibility index (Phi) is 4.35. The van der Waals surface area contributed by atoms with Crippen molar-refractivity contribution in [2.45, 2.75) is 44.6 Å². The maximum absolute atomic E-state index is 12.3. The average molecular weight is 309 g/mol. The van der Waals surface area contributed by atoms with Crippen LogP contribution in [0.3, 0.4) is 0 Å². The molecule has 0 saturated heterocycles. The monoisotopic (exact) mass is 309 g/mol. The molecule has 1 amide bonds. The number of hydrogen-bond acceptors (Lipinski definition) is 5. The smallest absolute Gasteiger partial charge is 0.263 e. The largest absolute Gasteiger partial charge is 0.397 e. The van der Waals surface area contributed by atoms with Crippen LogP contribution in [-0.4, -0.2) is 31.7 Å². The molecule has 4 N–H and O–H groups in total. The van der Waals surface area contributed by atoms with Gasteiger partial charge in [-0.3, -0.25) is 4.79 Å². The van der Waals surface area contributed by atoms with Crippen molar-refractivity contribution in [2.24, 2.45) is 0 Å². The van der Waals surface area contributed by atoms with Gasteiger partial charge in [0.05, 0.1) is 17.3 Å². The van der Waals surface area contributed by atoms with Crippen molar-refractivity contribution in [1.82, 2.24) is 5.32 Å². The fraction of sp³-hybridized carbons (Fsp3) is 0.667. The lowest BCUT2D eigenvalue weighted by molar-refractivity contribution is 0.0956. The van der Waals surface area contributed by atoms with E-state index in [1.54, 1.807) is 0 Å². The predicted octanol–water partition coefficient (Wildman–Crippen LogP) is 2.55. The molecule has 6 heteroatoms. The van der Waals surface area contributed by atoms with E-state index in [0.29, 0.717) is 29.1 Å². The molecule has 0 aromatic carbocycles. The summed E-state index contributed by atoms with van der Waals surface area (Å²) >= 11 is 1.49. The van der Waals surface area contributed by atoms with E-state index >= 15 is 0 Å². The van der Waals surface area contributed by atoms with Crippen LogP contribution in [0.25, 0.3) is 0 Å². The number of thiophene rings is 1. The van der Waals surface area contributed by atoms with E-state index in [4.69, 9.17) is 10.5 Å². The van der Waals surface area contributed by atoms with Crippen molar-refractivity contribution < 1.29 is 9.53 Å². The van der Waals surface area contributed by atoms with Gasteiger partial charge in [-0.2, -0.15) is 0 Å². The summed E-state index contributed by atoms with van der Waals surface area (Å²) in [4.78, 5) is 12.9. The van der Waals surface area contributed by atoms with Gasteiger partial charge in [0.1, 0.15) is 4.88 Å². The van der Waals surface area contributed by atoms with Gasteiger partial charge in [0.25, 0.3) is 5.91 Å². The number of carbonyl (C=O) groups is 1. The lowest BCUT2D eigenvalue weighted by atomic mass is 10.1. The lowest BCUT2D eigenvalue weighted by Gasteiger charge is -2.07. The first kappa shape index (κ1) is 14.7. The molecule has 21 heavy (non-hydrogen) atoms. The second-order valence-corrected chi connectivity index (χ2v) is 6.75. The van der Waals surface area contributed by atoms with Crippen molar-refractivity contribution in [2.75, 3.05) is 30.8 Å². The van der Waals surface area contributed by atoms with E-state index in [2.05, 4.69) is 10.6 Å². The molecular formula is C15H23N3O2S. The second kappa shape index (κ2) is 6.23. The van der Waals surface area contributed by atoms with Gasteiger partial charge in [-0.15, -0.1) is 11.3 Å². The van der Waals surface area contributed by atoms with Gasteiger partial charge in [-0.1, -0.05) is 0 Å². The zero-order valence-corrected chi connectivity index (χ0v) is 13.2. The molecule has 0 atom stereocenters. The van der Waals surface area contributed by atoms with Crippen LogP contribution in [0.15, 0.2) is 0 Å². The third-order valence-corrected chi connectivity index (χ3v) is 5.00. The summed E-state index contributed by atoms with van der Waals surface area (Å²) in [6.07, 6.45) is 4.52. The van der Waals surface area contributed by atoms with Gasteiger partial charge < -0.3 is 21.1 Å². The topological polar surface area (TPSA) is 76.4 Å². The first-order chi connectivity index (χ1) is 10.2. The lowest BCUT2D eigenvalue weighted by Crippen LogP contribution is -2.25. The number of ether oxygens (including phenoxy) is 1. The highest BCUT2D eigenvalue weighted by Crippen LogP contribution is 2.50. The van der Waals surface area contributed by atoms with E-state index in [-0.39, 0.29) is 5.91 Å². The number of nitrogens with one attached hydrogen (secondary N) is 2. The molecule has 2 aliphatic carbocycles. The minimum absolute atomic E-state index is 0.0141. The second-order valence-electron chi connectivity index (χ2n) is 5.73. The van der Waals surface area contributed by atoms with E-state index in [9.17, 15) is 4.79 Å². The highest BCUT2D eigenvalue weighted by atomic mass is 32.1. The molecule has 3 rings (SSSR count). The van der Waals surface area contributed by atoms with E-state index in [0.717, 1.165) is 36.6 Å². The van der Waals surface area contributed by atoms with Gasteiger partial charge in [0, 0.05) is 24.8 Å². The average Bonchev–Trinajstić information content (AvgIpc) is 3.36. The van der Waals surface area contributed by atoms with Crippen molar-refractivity contribution >= 4 is 27.9 Å². The Morgan fingerprint density at radius 2 is 2.14 bits per heavy atom. The van der Waals surface area contributed by atoms with Crippen LogP contribution in [0.4, 0.5) is 10.7 Å². The van der Waals surface area contributed by atoms with Gasteiger partial charge in [-0.05, 0) is 38.5 Å². The molecule has 2 fully saturated rings. The molecule has 0 radical (unpaired) electrons. The Balaban J connectivity index is 1.72. The molecule has 0 bridgehead atoms. The van der Waals surface area contributed by atoms with Crippen molar-refractivity contribution in [3.8, 4) is 0 Å². The maximum atomic E-state index is 12.3. The number of carbonyl (C=O) groups excluding carboxylic acids is 1. The van der Waals surface area contributed by atoms with Crippen LogP contribution in [0.2, 0.25) is 0 Å². The third kappa shape index (κ3) is 3.49. The molecule has 1 aromatic rings. The first-order valence-electron chi connectivity index (χ1n) is 7.75. The maximum Gasteiger partial charge on any atom is 0.263 e. The summed E-state index contributed by atoms with van der Waals surface area (Å²) in [6, 6.07) is 0.359. The fourth-order valence-electron chi connectivity index (χ4n) is 2.39.